The van der Waals surface area contributed by atoms with E-state index in [-0.39, 0.29) is 17.2 Å². The van der Waals surface area contributed by atoms with Crippen molar-refractivity contribution < 1.29 is 18.7 Å². The van der Waals surface area contributed by atoms with E-state index in [4.69, 9.17) is 9.15 Å². The molecule has 25 heavy (non-hydrogen) atoms. The molecular weight excluding hydrogens is 342 g/mol. The molecule has 1 atom stereocenters. The third kappa shape index (κ3) is 4.99. The van der Waals surface area contributed by atoms with Crippen molar-refractivity contribution in [1.82, 2.24) is 15.1 Å². The number of nitrogens with zero attached hydrogens (tertiary/aromatic N) is 2. The zero-order valence-corrected chi connectivity index (χ0v) is 15.3. The van der Waals surface area contributed by atoms with Gasteiger partial charge in [0.05, 0.1) is 19.3 Å². The lowest BCUT2D eigenvalue weighted by Gasteiger charge is -2.33. The molecule has 7 nitrogen and oxygen atoms in total. The van der Waals surface area contributed by atoms with E-state index in [1.54, 1.807) is 4.90 Å². The fraction of sp³-hybridized carbons (Fsp3) is 0.647. The van der Waals surface area contributed by atoms with E-state index < -0.39 is 0 Å². The largest absolute Gasteiger partial charge is 0.465 e. The van der Waals surface area contributed by atoms with Gasteiger partial charge in [-0.3, -0.25) is 14.5 Å². The van der Waals surface area contributed by atoms with Gasteiger partial charge in [0.2, 0.25) is 5.91 Å². The summed E-state index contributed by atoms with van der Waals surface area (Å²) < 4.78 is 11.2. The van der Waals surface area contributed by atoms with Crippen molar-refractivity contribution in [3.63, 3.8) is 0 Å². The van der Waals surface area contributed by atoms with Crippen LogP contribution in [0.4, 0.5) is 4.79 Å². The molecule has 0 bridgehead atoms. The van der Waals surface area contributed by atoms with Crippen molar-refractivity contribution in [2.45, 2.75) is 19.4 Å². The molecule has 2 aliphatic rings. The van der Waals surface area contributed by atoms with Crippen LogP contribution in [0.15, 0.2) is 16.5 Å². The minimum absolute atomic E-state index is 0.00511. The molecule has 0 saturated carbocycles. The van der Waals surface area contributed by atoms with Gasteiger partial charge in [0, 0.05) is 44.9 Å². The summed E-state index contributed by atoms with van der Waals surface area (Å²) in [6.07, 6.45) is 0.333. The van der Waals surface area contributed by atoms with Gasteiger partial charge in [-0.15, -0.1) is 0 Å². The lowest BCUT2D eigenvalue weighted by molar-refractivity contribution is -0.121. The Labute approximate surface area is 152 Å². The molecule has 0 spiro atoms. The lowest BCUT2D eigenvalue weighted by atomic mass is 10.1. The molecule has 2 aliphatic heterocycles. The number of nitrogens with one attached hydrogen (secondary N) is 1. The van der Waals surface area contributed by atoms with Crippen LogP contribution in [0.2, 0.25) is 0 Å². The quantitative estimate of drug-likeness (QED) is 0.790. The molecule has 2 fully saturated rings. The summed E-state index contributed by atoms with van der Waals surface area (Å²) in [6.45, 7) is 6.66. The molecule has 0 radical (unpaired) electrons. The summed E-state index contributed by atoms with van der Waals surface area (Å²) in [4.78, 5) is 27.8. The van der Waals surface area contributed by atoms with Gasteiger partial charge >= 0.3 is 0 Å². The van der Waals surface area contributed by atoms with E-state index in [2.05, 4.69) is 10.2 Å². The van der Waals surface area contributed by atoms with E-state index in [1.165, 1.54) is 11.8 Å². The number of hydrogen-bond acceptors (Lipinski definition) is 6. The minimum Gasteiger partial charge on any atom is -0.465 e. The maximum absolute atomic E-state index is 12.2. The molecule has 2 amide bonds. The summed E-state index contributed by atoms with van der Waals surface area (Å²) in [6, 6.07) is 3.92. The van der Waals surface area contributed by atoms with Crippen LogP contribution in [0.1, 0.15) is 24.0 Å². The predicted octanol–water partition coefficient (Wildman–Crippen LogP) is 1.64. The van der Waals surface area contributed by atoms with Crippen molar-refractivity contribution in [2.75, 3.05) is 51.7 Å². The number of ether oxygens (including phenoxy) is 1. The number of morpholine rings is 1. The second-order valence-electron chi connectivity index (χ2n) is 6.27. The van der Waals surface area contributed by atoms with E-state index in [0.29, 0.717) is 32.7 Å². The summed E-state index contributed by atoms with van der Waals surface area (Å²) in [5.74, 6) is 2.51. The minimum atomic E-state index is -0.0359. The third-order valence-electron chi connectivity index (χ3n) is 4.52. The number of furan rings is 1. The van der Waals surface area contributed by atoms with Crippen LogP contribution in [0.25, 0.3) is 0 Å². The van der Waals surface area contributed by atoms with Crippen LogP contribution >= 0.6 is 11.8 Å². The summed E-state index contributed by atoms with van der Waals surface area (Å²) >= 11 is 1.32. The van der Waals surface area contributed by atoms with E-state index >= 15 is 0 Å². The van der Waals surface area contributed by atoms with Crippen LogP contribution in [0.3, 0.4) is 0 Å². The standard InChI is InChI=1S/C17H25N3O4S/c1-13-2-3-15(24-13)14(19-6-9-23-10-7-19)12-18-16(21)4-5-20-8-11-25-17(20)22/h2-3,14H,4-12H2,1H3,(H,18,21). The first kappa shape index (κ1) is 18.3. The maximum atomic E-state index is 12.2. The van der Waals surface area contributed by atoms with E-state index in [1.807, 2.05) is 19.1 Å². The Morgan fingerprint density at radius 2 is 2.12 bits per heavy atom. The van der Waals surface area contributed by atoms with Crippen molar-refractivity contribution in [2.24, 2.45) is 0 Å². The second-order valence-corrected chi connectivity index (χ2v) is 7.31. The molecule has 138 valence electrons. The monoisotopic (exact) mass is 367 g/mol. The van der Waals surface area contributed by atoms with Crippen molar-refractivity contribution >= 4 is 22.9 Å². The molecule has 8 heteroatoms. The SMILES string of the molecule is Cc1ccc(C(CNC(=O)CCN2CCSC2=O)N2CCOCC2)o1. The number of rotatable bonds is 7. The van der Waals surface area contributed by atoms with Gasteiger partial charge in [-0.05, 0) is 19.1 Å². The molecule has 3 rings (SSSR count). The Morgan fingerprint density at radius 3 is 2.76 bits per heavy atom. The Bertz CT molecular complexity index is 600. The van der Waals surface area contributed by atoms with Crippen molar-refractivity contribution in [3.8, 4) is 0 Å². The Morgan fingerprint density at radius 1 is 1.32 bits per heavy atom. The Kier molecular flexibility index (Phi) is 6.39. The first-order valence-electron chi connectivity index (χ1n) is 8.70. The topological polar surface area (TPSA) is 75.0 Å². The first-order valence-corrected chi connectivity index (χ1v) is 9.68. The maximum Gasteiger partial charge on any atom is 0.281 e. The normalized spacial score (nSPS) is 20.0. The van der Waals surface area contributed by atoms with E-state index in [9.17, 15) is 9.59 Å². The number of thioether (sulfide) groups is 1. The molecule has 1 unspecified atom stereocenters. The summed E-state index contributed by atoms with van der Waals surface area (Å²) in [5, 5.41) is 3.07. The van der Waals surface area contributed by atoms with Gasteiger partial charge in [0.15, 0.2) is 0 Å². The number of amides is 2. The zero-order valence-electron chi connectivity index (χ0n) is 14.5. The number of aryl methyl sites for hydroxylation is 1. The predicted molar refractivity (Wildman–Crippen MR) is 95.6 cm³/mol. The van der Waals surface area contributed by atoms with Crippen molar-refractivity contribution in [1.29, 1.82) is 0 Å². The van der Waals surface area contributed by atoms with Gasteiger partial charge in [-0.1, -0.05) is 11.8 Å². The first-order chi connectivity index (χ1) is 12.1. The van der Waals surface area contributed by atoms with Gasteiger partial charge in [-0.25, -0.2) is 0 Å². The second kappa shape index (κ2) is 8.73. The summed E-state index contributed by atoms with van der Waals surface area (Å²) in [5.41, 5.74) is 0. The highest BCUT2D eigenvalue weighted by Gasteiger charge is 2.26. The van der Waals surface area contributed by atoms with Crippen LogP contribution < -0.4 is 5.32 Å². The highest BCUT2D eigenvalue weighted by Crippen LogP contribution is 2.23. The smallest absolute Gasteiger partial charge is 0.281 e. The molecule has 3 heterocycles. The fourth-order valence-corrected chi connectivity index (χ4v) is 3.95. The molecule has 1 N–H and O–H groups in total. The van der Waals surface area contributed by atoms with Crippen LogP contribution in [-0.2, 0) is 9.53 Å². The highest BCUT2D eigenvalue weighted by atomic mass is 32.2. The number of hydrogen-bond donors (Lipinski definition) is 1. The zero-order chi connectivity index (χ0) is 17.6. The lowest BCUT2D eigenvalue weighted by Crippen LogP contribution is -2.44. The average Bonchev–Trinajstić information content (AvgIpc) is 3.22. The molecule has 0 aromatic carbocycles. The van der Waals surface area contributed by atoms with Gasteiger partial charge < -0.3 is 19.4 Å². The highest BCUT2D eigenvalue weighted by molar-refractivity contribution is 8.13. The molecule has 1 aromatic heterocycles. The van der Waals surface area contributed by atoms with Crippen LogP contribution in [-0.4, -0.2) is 72.6 Å². The van der Waals surface area contributed by atoms with Gasteiger partial charge in [-0.2, -0.15) is 0 Å². The van der Waals surface area contributed by atoms with Crippen LogP contribution in [0, 0.1) is 6.92 Å². The van der Waals surface area contributed by atoms with Gasteiger partial charge in [0.1, 0.15) is 11.5 Å². The average molecular weight is 367 g/mol. The van der Waals surface area contributed by atoms with E-state index in [0.717, 1.165) is 36.9 Å². The molecular formula is C17H25N3O4S. The number of carbonyl (C=O) groups excluding carboxylic acids is 2. The summed E-state index contributed by atoms with van der Waals surface area (Å²) in [7, 11) is 0. The Balaban J connectivity index is 1.52. The molecule has 2 saturated heterocycles. The van der Waals surface area contributed by atoms with Crippen molar-refractivity contribution in [3.05, 3.63) is 23.7 Å². The molecule has 0 aliphatic carbocycles. The van der Waals surface area contributed by atoms with Gasteiger partial charge in [0.25, 0.3) is 5.24 Å². The van der Waals surface area contributed by atoms with Crippen LogP contribution in [0.5, 0.6) is 0 Å². The fourth-order valence-electron chi connectivity index (χ4n) is 3.10. The molecule has 1 aromatic rings. The number of carbonyl (C=O) groups is 2. The third-order valence-corrected chi connectivity index (χ3v) is 5.41. The Hall–Kier alpha value is -1.51.